The fourth-order valence-corrected chi connectivity index (χ4v) is 3.31. The number of nitrogens with zero attached hydrogens (tertiary/aromatic N) is 5. The van der Waals surface area contributed by atoms with E-state index in [1.54, 1.807) is 6.92 Å². The number of carbonyl (C=O) groups excluding carboxylic acids is 1. The molecule has 0 aromatic carbocycles. The predicted octanol–water partition coefficient (Wildman–Crippen LogP) is 1.90. The number of likely N-dealkylation sites (tertiary alicyclic amines) is 1. The standard InChI is InChI=1S/C17H23N5O/c1-11-17(12(2)21(4)20-11)16-9-18-15(8-19-16)7-14-5-6-22(10-14)13(3)23/h8-9,14H,5-7,10H2,1-4H3/t14-/m0/s1. The molecule has 0 bridgehead atoms. The highest BCUT2D eigenvalue weighted by molar-refractivity contribution is 5.73. The van der Waals surface area contributed by atoms with E-state index in [4.69, 9.17) is 0 Å². The monoisotopic (exact) mass is 313 g/mol. The van der Waals surface area contributed by atoms with Crippen LogP contribution in [0.1, 0.15) is 30.4 Å². The molecule has 6 nitrogen and oxygen atoms in total. The number of carbonyl (C=O) groups is 1. The lowest BCUT2D eigenvalue weighted by Crippen LogP contribution is -2.26. The van der Waals surface area contributed by atoms with Gasteiger partial charge in [0.05, 0.1) is 23.3 Å². The maximum Gasteiger partial charge on any atom is 0.219 e. The molecule has 0 radical (unpaired) electrons. The van der Waals surface area contributed by atoms with Gasteiger partial charge in [-0.3, -0.25) is 19.4 Å². The average Bonchev–Trinajstić information content (AvgIpc) is 3.06. The molecular formula is C17H23N5O. The van der Waals surface area contributed by atoms with Crippen molar-refractivity contribution in [2.45, 2.75) is 33.6 Å². The van der Waals surface area contributed by atoms with Gasteiger partial charge in [0.25, 0.3) is 0 Å². The number of rotatable bonds is 3. The van der Waals surface area contributed by atoms with Crippen LogP contribution in [0.25, 0.3) is 11.3 Å². The molecule has 1 saturated heterocycles. The molecule has 1 aliphatic heterocycles. The van der Waals surface area contributed by atoms with Crippen molar-refractivity contribution in [2.75, 3.05) is 13.1 Å². The number of aryl methyl sites for hydroxylation is 2. The molecule has 3 rings (SSSR count). The molecule has 1 fully saturated rings. The summed E-state index contributed by atoms with van der Waals surface area (Å²) in [5.74, 6) is 0.650. The first-order valence-electron chi connectivity index (χ1n) is 8.02. The topological polar surface area (TPSA) is 63.9 Å². The molecule has 0 spiro atoms. The number of hydrogen-bond donors (Lipinski definition) is 0. The second-order valence-corrected chi connectivity index (χ2v) is 6.39. The van der Waals surface area contributed by atoms with Gasteiger partial charge < -0.3 is 4.90 Å². The molecule has 6 heteroatoms. The third kappa shape index (κ3) is 3.11. The van der Waals surface area contributed by atoms with Crippen molar-refractivity contribution < 1.29 is 4.79 Å². The minimum atomic E-state index is 0.163. The lowest BCUT2D eigenvalue weighted by atomic mass is 10.0. The van der Waals surface area contributed by atoms with Crippen molar-refractivity contribution in [3.8, 4) is 11.3 Å². The average molecular weight is 313 g/mol. The Kier molecular flexibility index (Phi) is 4.15. The summed E-state index contributed by atoms with van der Waals surface area (Å²) in [6.45, 7) is 7.36. The fourth-order valence-electron chi connectivity index (χ4n) is 3.31. The van der Waals surface area contributed by atoms with Crippen LogP contribution in [-0.4, -0.2) is 43.6 Å². The molecule has 0 saturated carbocycles. The van der Waals surface area contributed by atoms with Crippen molar-refractivity contribution in [2.24, 2.45) is 13.0 Å². The summed E-state index contributed by atoms with van der Waals surface area (Å²) < 4.78 is 1.87. The van der Waals surface area contributed by atoms with E-state index in [1.807, 2.05) is 42.9 Å². The van der Waals surface area contributed by atoms with Gasteiger partial charge in [-0.2, -0.15) is 5.10 Å². The molecule has 23 heavy (non-hydrogen) atoms. The van der Waals surface area contributed by atoms with Crippen molar-refractivity contribution in [3.05, 3.63) is 29.5 Å². The van der Waals surface area contributed by atoms with Gasteiger partial charge in [-0.25, -0.2) is 0 Å². The second-order valence-electron chi connectivity index (χ2n) is 6.39. The van der Waals surface area contributed by atoms with E-state index in [1.165, 1.54) is 0 Å². The van der Waals surface area contributed by atoms with E-state index >= 15 is 0 Å². The Morgan fingerprint density at radius 1 is 1.30 bits per heavy atom. The van der Waals surface area contributed by atoms with Crippen LogP contribution in [0.5, 0.6) is 0 Å². The van der Waals surface area contributed by atoms with Gasteiger partial charge in [-0.1, -0.05) is 0 Å². The van der Waals surface area contributed by atoms with Crippen LogP contribution in [-0.2, 0) is 18.3 Å². The zero-order valence-electron chi connectivity index (χ0n) is 14.2. The van der Waals surface area contributed by atoms with E-state index in [9.17, 15) is 4.79 Å². The summed E-state index contributed by atoms with van der Waals surface area (Å²) in [6.07, 6.45) is 5.62. The van der Waals surface area contributed by atoms with Gasteiger partial charge in [0.2, 0.25) is 5.91 Å². The summed E-state index contributed by atoms with van der Waals surface area (Å²) >= 11 is 0. The van der Waals surface area contributed by atoms with Crippen LogP contribution < -0.4 is 0 Å². The van der Waals surface area contributed by atoms with Gasteiger partial charge in [0.15, 0.2) is 0 Å². The van der Waals surface area contributed by atoms with E-state index < -0.39 is 0 Å². The molecule has 0 unspecified atom stereocenters. The third-order valence-corrected chi connectivity index (χ3v) is 4.70. The molecule has 0 aliphatic carbocycles. The number of amides is 1. The van der Waals surface area contributed by atoms with E-state index in [0.29, 0.717) is 5.92 Å². The highest BCUT2D eigenvalue weighted by Crippen LogP contribution is 2.25. The van der Waals surface area contributed by atoms with E-state index in [-0.39, 0.29) is 5.91 Å². The first-order valence-corrected chi connectivity index (χ1v) is 8.02. The van der Waals surface area contributed by atoms with Gasteiger partial charge in [0.1, 0.15) is 0 Å². The van der Waals surface area contributed by atoms with Crippen LogP contribution in [0.2, 0.25) is 0 Å². The lowest BCUT2D eigenvalue weighted by Gasteiger charge is -2.13. The van der Waals surface area contributed by atoms with Crippen LogP contribution in [0.3, 0.4) is 0 Å². The van der Waals surface area contributed by atoms with Crippen LogP contribution >= 0.6 is 0 Å². The fraction of sp³-hybridized carbons (Fsp3) is 0.529. The minimum absolute atomic E-state index is 0.163. The quantitative estimate of drug-likeness (QED) is 0.868. The summed E-state index contributed by atoms with van der Waals surface area (Å²) in [7, 11) is 1.94. The van der Waals surface area contributed by atoms with Crippen molar-refractivity contribution in [1.82, 2.24) is 24.6 Å². The molecule has 1 atom stereocenters. The first kappa shape index (κ1) is 15.6. The summed E-state index contributed by atoms with van der Waals surface area (Å²) in [5, 5.41) is 4.43. The summed E-state index contributed by atoms with van der Waals surface area (Å²) in [6, 6.07) is 0. The van der Waals surface area contributed by atoms with Crippen molar-refractivity contribution >= 4 is 5.91 Å². The Labute approximate surface area is 136 Å². The largest absolute Gasteiger partial charge is 0.343 e. The van der Waals surface area contributed by atoms with Crippen molar-refractivity contribution in [3.63, 3.8) is 0 Å². The van der Waals surface area contributed by atoms with Crippen LogP contribution in [0, 0.1) is 19.8 Å². The summed E-state index contributed by atoms with van der Waals surface area (Å²) in [5.41, 5.74) is 4.99. The van der Waals surface area contributed by atoms with Gasteiger partial charge in [-0.05, 0) is 32.6 Å². The SMILES string of the molecule is CC(=O)N1CC[C@@H](Cc2cnc(-c3c(C)nn(C)c3C)cn2)C1. The third-order valence-electron chi connectivity index (χ3n) is 4.70. The Bertz CT molecular complexity index is 719. The smallest absolute Gasteiger partial charge is 0.219 e. The molecule has 1 amide bonds. The highest BCUT2D eigenvalue weighted by atomic mass is 16.2. The molecule has 2 aromatic rings. The van der Waals surface area contributed by atoms with Gasteiger partial charge in [0, 0.05) is 44.5 Å². The number of aromatic nitrogens is 4. The Balaban J connectivity index is 1.72. The van der Waals surface area contributed by atoms with Crippen LogP contribution in [0.15, 0.2) is 12.4 Å². The highest BCUT2D eigenvalue weighted by Gasteiger charge is 2.24. The van der Waals surface area contributed by atoms with Crippen molar-refractivity contribution in [1.29, 1.82) is 0 Å². The maximum atomic E-state index is 11.4. The Morgan fingerprint density at radius 3 is 2.61 bits per heavy atom. The number of hydrogen-bond acceptors (Lipinski definition) is 4. The molecular weight excluding hydrogens is 290 g/mol. The second kappa shape index (κ2) is 6.10. The van der Waals surface area contributed by atoms with Crippen LogP contribution in [0.4, 0.5) is 0 Å². The van der Waals surface area contributed by atoms with E-state index in [2.05, 4.69) is 15.1 Å². The minimum Gasteiger partial charge on any atom is -0.343 e. The summed E-state index contributed by atoms with van der Waals surface area (Å²) in [4.78, 5) is 22.5. The zero-order chi connectivity index (χ0) is 16.6. The molecule has 0 N–H and O–H groups in total. The van der Waals surface area contributed by atoms with Gasteiger partial charge >= 0.3 is 0 Å². The predicted molar refractivity (Wildman–Crippen MR) is 87.8 cm³/mol. The first-order chi connectivity index (χ1) is 11.0. The Hall–Kier alpha value is -2.24. The molecule has 2 aromatic heterocycles. The molecule has 1 aliphatic rings. The normalized spacial score (nSPS) is 17.7. The molecule has 122 valence electrons. The van der Waals surface area contributed by atoms with E-state index in [0.717, 1.165) is 54.3 Å². The Morgan fingerprint density at radius 2 is 2.09 bits per heavy atom. The van der Waals surface area contributed by atoms with Gasteiger partial charge in [-0.15, -0.1) is 0 Å². The molecule has 3 heterocycles. The lowest BCUT2D eigenvalue weighted by molar-refractivity contribution is -0.127. The zero-order valence-corrected chi connectivity index (χ0v) is 14.2. The maximum absolute atomic E-state index is 11.4.